The quantitative estimate of drug-likeness (QED) is 0.452. The first kappa shape index (κ1) is 21.9. The lowest BCUT2D eigenvalue weighted by atomic mass is 10.1. The number of anilines is 1. The summed E-state index contributed by atoms with van der Waals surface area (Å²) in [6.45, 7) is 6.95. The molecule has 3 N–H and O–H groups in total. The summed E-state index contributed by atoms with van der Waals surface area (Å²) in [5.74, 6) is 0.150. The summed E-state index contributed by atoms with van der Waals surface area (Å²) in [5, 5.41) is 15.6. The number of aromatic nitrogens is 6. The van der Waals surface area contributed by atoms with E-state index < -0.39 is 11.9 Å². The van der Waals surface area contributed by atoms with Crippen molar-refractivity contribution in [2.75, 3.05) is 18.8 Å². The van der Waals surface area contributed by atoms with Crippen LogP contribution in [-0.2, 0) is 6.54 Å². The van der Waals surface area contributed by atoms with E-state index in [1.165, 1.54) is 18.4 Å². The number of hydrogen-bond acceptors (Lipinski definition) is 8. The lowest BCUT2D eigenvalue weighted by Crippen LogP contribution is -2.30. The molecule has 3 aromatic heterocycles. The van der Waals surface area contributed by atoms with Crippen LogP contribution < -0.4 is 11.1 Å². The van der Waals surface area contributed by atoms with Gasteiger partial charge in [0, 0.05) is 12.1 Å². The highest BCUT2D eigenvalue weighted by atomic mass is 16.2. The number of aryl methyl sites for hydroxylation is 1. The molecule has 0 radical (unpaired) electrons. The number of rotatable bonds is 6. The third kappa shape index (κ3) is 4.44. The normalized spacial score (nSPS) is 15.0. The second kappa shape index (κ2) is 9.14. The first-order valence-corrected chi connectivity index (χ1v) is 11.4. The molecule has 1 aliphatic rings. The third-order valence-corrected chi connectivity index (χ3v) is 6.03. The van der Waals surface area contributed by atoms with Crippen LogP contribution in [0.1, 0.15) is 53.4 Å². The SMILES string of the molecule is Cc1ccc2nnc([C@@H](C)NC(=O)c3nc(-c4ccc(CN5CCCC5)cc4)cnc3N)n2n1. The van der Waals surface area contributed by atoms with Crippen molar-refractivity contribution in [2.24, 2.45) is 0 Å². The van der Waals surface area contributed by atoms with E-state index in [2.05, 4.69) is 47.6 Å². The summed E-state index contributed by atoms with van der Waals surface area (Å²) < 4.78 is 1.62. The number of nitrogens with one attached hydrogen (secondary N) is 1. The molecule has 0 bridgehead atoms. The van der Waals surface area contributed by atoms with E-state index >= 15 is 0 Å². The van der Waals surface area contributed by atoms with Gasteiger partial charge >= 0.3 is 0 Å². The van der Waals surface area contributed by atoms with Gasteiger partial charge in [-0.1, -0.05) is 24.3 Å². The molecular formula is C24H27N9O. The highest BCUT2D eigenvalue weighted by molar-refractivity contribution is 5.97. The van der Waals surface area contributed by atoms with Crippen molar-refractivity contribution < 1.29 is 4.79 Å². The van der Waals surface area contributed by atoms with E-state index in [-0.39, 0.29) is 11.5 Å². The number of hydrogen-bond donors (Lipinski definition) is 2. The lowest BCUT2D eigenvalue weighted by molar-refractivity contribution is 0.0933. The molecule has 0 spiro atoms. The van der Waals surface area contributed by atoms with Gasteiger partial charge in [0.1, 0.15) is 0 Å². The summed E-state index contributed by atoms with van der Waals surface area (Å²) in [4.78, 5) is 24.2. The highest BCUT2D eigenvalue weighted by Crippen LogP contribution is 2.21. The van der Waals surface area contributed by atoms with Crippen LogP contribution in [0.4, 0.5) is 5.82 Å². The van der Waals surface area contributed by atoms with Crippen molar-refractivity contribution in [3.8, 4) is 11.3 Å². The van der Waals surface area contributed by atoms with E-state index in [1.807, 2.05) is 38.1 Å². The molecule has 1 amide bonds. The van der Waals surface area contributed by atoms with Gasteiger partial charge in [-0.25, -0.2) is 9.97 Å². The zero-order valence-corrected chi connectivity index (χ0v) is 19.3. The summed E-state index contributed by atoms with van der Waals surface area (Å²) in [7, 11) is 0. The lowest BCUT2D eigenvalue weighted by Gasteiger charge is -2.15. The monoisotopic (exact) mass is 457 g/mol. The Hall–Kier alpha value is -3.92. The maximum absolute atomic E-state index is 13.0. The van der Waals surface area contributed by atoms with Crippen LogP contribution >= 0.6 is 0 Å². The Balaban J connectivity index is 1.33. The van der Waals surface area contributed by atoms with Crippen LogP contribution in [0.3, 0.4) is 0 Å². The fourth-order valence-corrected chi connectivity index (χ4v) is 4.18. The van der Waals surface area contributed by atoms with Crippen molar-refractivity contribution >= 4 is 17.4 Å². The van der Waals surface area contributed by atoms with E-state index in [4.69, 9.17) is 5.73 Å². The number of nitrogens with zero attached hydrogens (tertiary/aromatic N) is 7. The Morgan fingerprint density at radius 2 is 1.88 bits per heavy atom. The predicted molar refractivity (Wildman–Crippen MR) is 128 cm³/mol. The molecule has 1 aromatic carbocycles. The van der Waals surface area contributed by atoms with Crippen LogP contribution in [0.15, 0.2) is 42.6 Å². The van der Waals surface area contributed by atoms with Crippen LogP contribution in [-0.4, -0.2) is 53.7 Å². The van der Waals surface area contributed by atoms with Crippen LogP contribution in [0, 0.1) is 6.92 Å². The molecule has 1 atom stereocenters. The molecule has 0 aliphatic carbocycles. The zero-order valence-electron chi connectivity index (χ0n) is 19.3. The first-order chi connectivity index (χ1) is 16.5. The van der Waals surface area contributed by atoms with Gasteiger partial charge in [0.15, 0.2) is 23.0 Å². The minimum atomic E-state index is -0.466. The molecule has 0 saturated carbocycles. The number of nitrogens with two attached hydrogens (primary N) is 1. The molecule has 4 heterocycles. The Bertz CT molecular complexity index is 1330. The summed E-state index contributed by atoms with van der Waals surface area (Å²) in [6, 6.07) is 11.4. The maximum Gasteiger partial charge on any atom is 0.274 e. The molecule has 10 heteroatoms. The molecular weight excluding hydrogens is 430 g/mol. The van der Waals surface area contributed by atoms with E-state index in [1.54, 1.807) is 10.7 Å². The standard InChI is InChI=1S/C24H27N9O/c1-15-5-10-20-29-30-23(33(20)31-15)16(2)27-24(34)21-22(25)26-13-19(28-21)18-8-6-17(7-9-18)14-32-11-3-4-12-32/h5-10,13,16H,3-4,11-12,14H2,1-2H3,(H2,25,26)(H,27,34)/t16-/m1/s1. The molecule has 5 rings (SSSR count). The van der Waals surface area contributed by atoms with Crippen molar-refractivity contribution in [2.45, 2.75) is 39.3 Å². The molecule has 174 valence electrons. The first-order valence-electron chi connectivity index (χ1n) is 11.4. The van der Waals surface area contributed by atoms with Crippen molar-refractivity contribution in [1.82, 2.24) is 40.0 Å². The summed E-state index contributed by atoms with van der Waals surface area (Å²) in [6.07, 6.45) is 4.13. The van der Waals surface area contributed by atoms with E-state index in [0.29, 0.717) is 17.2 Å². The maximum atomic E-state index is 13.0. The predicted octanol–water partition coefficient (Wildman–Crippen LogP) is 2.56. The largest absolute Gasteiger partial charge is 0.382 e. The van der Waals surface area contributed by atoms with Crippen molar-refractivity contribution in [3.05, 3.63) is 65.4 Å². The average molecular weight is 458 g/mol. The number of amides is 1. The molecule has 34 heavy (non-hydrogen) atoms. The van der Waals surface area contributed by atoms with E-state index in [0.717, 1.165) is 30.9 Å². The minimum Gasteiger partial charge on any atom is -0.382 e. The molecule has 1 saturated heterocycles. The number of carbonyl (C=O) groups is 1. The van der Waals surface area contributed by atoms with Gasteiger partial charge in [0.25, 0.3) is 5.91 Å². The highest BCUT2D eigenvalue weighted by Gasteiger charge is 2.21. The number of fused-ring (bicyclic) bond motifs is 1. The second-order valence-electron chi connectivity index (χ2n) is 8.67. The Morgan fingerprint density at radius 3 is 2.65 bits per heavy atom. The third-order valence-electron chi connectivity index (χ3n) is 6.03. The Morgan fingerprint density at radius 1 is 1.12 bits per heavy atom. The number of benzene rings is 1. The molecule has 0 unspecified atom stereocenters. The summed E-state index contributed by atoms with van der Waals surface area (Å²) in [5.41, 5.74) is 10.2. The topological polar surface area (TPSA) is 127 Å². The molecule has 1 aliphatic heterocycles. The zero-order chi connectivity index (χ0) is 23.7. The van der Waals surface area contributed by atoms with Gasteiger partial charge in [0.2, 0.25) is 0 Å². The van der Waals surface area contributed by atoms with Crippen LogP contribution in [0.2, 0.25) is 0 Å². The number of nitrogen functional groups attached to an aromatic ring is 1. The van der Waals surface area contributed by atoms with E-state index in [9.17, 15) is 4.79 Å². The number of likely N-dealkylation sites (tertiary alicyclic amines) is 1. The Kier molecular flexibility index (Phi) is 5.89. The molecule has 4 aromatic rings. The van der Waals surface area contributed by atoms with Gasteiger partial charge in [-0.3, -0.25) is 9.69 Å². The fraction of sp³-hybridized carbons (Fsp3) is 0.333. The summed E-state index contributed by atoms with van der Waals surface area (Å²) >= 11 is 0. The Labute approximate surface area is 197 Å². The van der Waals surface area contributed by atoms with Gasteiger partial charge < -0.3 is 11.1 Å². The average Bonchev–Trinajstić information content (AvgIpc) is 3.49. The van der Waals surface area contributed by atoms with Crippen LogP contribution in [0.5, 0.6) is 0 Å². The smallest absolute Gasteiger partial charge is 0.274 e. The number of carbonyl (C=O) groups excluding carboxylic acids is 1. The van der Waals surface area contributed by atoms with Crippen LogP contribution in [0.25, 0.3) is 16.9 Å². The van der Waals surface area contributed by atoms with Gasteiger partial charge in [-0.2, -0.15) is 9.61 Å². The van der Waals surface area contributed by atoms with Gasteiger partial charge in [0.05, 0.1) is 23.6 Å². The van der Waals surface area contributed by atoms with Gasteiger partial charge in [-0.15, -0.1) is 10.2 Å². The van der Waals surface area contributed by atoms with Crippen molar-refractivity contribution in [3.63, 3.8) is 0 Å². The molecule has 1 fully saturated rings. The molecule has 10 nitrogen and oxygen atoms in total. The van der Waals surface area contributed by atoms with Gasteiger partial charge in [-0.05, 0) is 57.5 Å². The van der Waals surface area contributed by atoms with Crippen molar-refractivity contribution in [1.29, 1.82) is 0 Å². The fourth-order valence-electron chi connectivity index (χ4n) is 4.18. The minimum absolute atomic E-state index is 0.0687. The second-order valence-corrected chi connectivity index (χ2v) is 8.67.